The molecule has 21 heavy (non-hydrogen) atoms. The molecular weight excluding hydrogens is 332 g/mol. The molecule has 0 aliphatic heterocycles. The van der Waals surface area contributed by atoms with E-state index < -0.39 is 0 Å². The molecule has 0 spiro atoms. The summed E-state index contributed by atoms with van der Waals surface area (Å²) in [5.41, 5.74) is 2.12. The highest BCUT2D eigenvalue weighted by Gasteiger charge is 2.09. The molecule has 2 aromatic rings. The number of nitrogens with zero attached hydrogens (tertiary/aromatic N) is 1. The maximum absolute atomic E-state index is 12.3. The van der Waals surface area contributed by atoms with E-state index >= 15 is 0 Å². The second kappa shape index (κ2) is 6.91. The Hall–Kier alpha value is -2.32. The fourth-order valence-corrected chi connectivity index (χ4v) is 2.34. The Morgan fingerprint density at radius 3 is 2.86 bits per heavy atom. The summed E-state index contributed by atoms with van der Waals surface area (Å²) >= 11 is 3.37. The summed E-state index contributed by atoms with van der Waals surface area (Å²) in [5, 5.41) is 11.3. The van der Waals surface area contributed by atoms with Crippen molar-refractivity contribution >= 4 is 27.5 Å². The van der Waals surface area contributed by atoms with Crippen LogP contribution in [0.2, 0.25) is 0 Å². The van der Waals surface area contributed by atoms with Gasteiger partial charge >= 0.3 is 0 Å². The molecule has 2 aromatic carbocycles. The smallest absolute Gasteiger partial charge is 0.255 e. The third-order valence-corrected chi connectivity index (χ3v) is 3.32. The minimum Gasteiger partial charge on any atom is -0.479 e. The quantitative estimate of drug-likeness (QED) is 0.914. The summed E-state index contributed by atoms with van der Waals surface area (Å²) in [4.78, 5) is 12.3. The first-order valence-electron chi connectivity index (χ1n) is 6.27. The maximum Gasteiger partial charge on any atom is 0.255 e. The van der Waals surface area contributed by atoms with E-state index in [0.717, 1.165) is 10.0 Å². The van der Waals surface area contributed by atoms with Crippen molar-refractivity contribution in [2.75, 3.05) is 11.9 Å². The van der Waals surface area contributed by atoms with E-state index in [0.29, 0.717) is 17.0 Å². The Morgan fingerprint density at radius 2 is 2.14 bits per heavy atom. The van der Waals surface area contributed by atoms with E-state index in [4.69, 9.17) is 10.00 Å². The van der Waals surface area contributed by atoms with Gasteiger partial charge in [-0.15, -0.1) is 0 Å². The zero-order valence-electron chi connectivity index (χ0n) is 11.4. The number of ether oxygens (including phenoxy) is 1. The predicted molar refractivity (Wildman–Crippen MR) is 84.4 cm³/mol. The Bertz CT molecular complexity index is 708. The van der Waals surface area contributed by atoms with Crippen LogP contribution in [0.5, 0.6) is 5.75 Å². The monoisotopic (exact) mass is 344 g/mol. The van der Waals surface area contributed by atoms with Crippen molar-refractivity contribution < 1.29 is 9.53 Å². The van der Waals surface area contributed by atoms with Gasteiger partial charge in [0.2, 0.25) is 0 Å². The fourth-order valence-electron chi connectivity index (χ4n) is 1.86. The zero-order chi connectivity index (χ0) is 15.2. The average Bonchev–Trinajstić information content (AvgIpc) is 2.45. The molecule has 0 saturated carbocycles. The molecular formula is C16H13BrN2O2. The number of anilines is 1. The molecule has 4 nitrogen and oxygen atoms in total. The van der Waals surface area contributed by atoms with Crippen molar-refractivity contribution in [3.05, 3.63) is 58.1 Å². The highest BCUT2D eigenvalue weighted by Crippen LogP contribution is 2.20. The van der Waals surface area contributed by atoms with Crippen molar-refractivity contribution in [1.29, 1.82) is 5.26 Å². The molecule has 0 bridgehead atoms. The van der Waals surface area contributed by atoms with Gasteiger partial charge in [0.1, 0.15) is 11.8 Å². The minimum absolute atomic E-state index is 0.0246. The summed E-state index contributed by atoms with van der Waals surface area (Å²) in [6.07, 6.45) is 0. The number of hydrogen-bond acceptors (Lipinski definition) is 3. The van der Waals surface area contributed by atoms with Gasteiger partial charge in [0, 0.05) is 21.8 Å². The van der Waals surface area contributed by atoms with Gasteiger partial charge in [-0.2, -0.15) is 5.26 Å². The van der Waals surface area contributed by atoms with E-state index in [-0.39, 0.29) is 12.5 Å². The van der Waals surface area contributed by atoms with Crippen LogP contribution >= 0.6 is 15.9 Å². The van der Waals surface area contributed by atoms with Crippen LogP contribution < -0.4 is 10.1 Å². The molecule has 1 amide bonds. The Labute approximate surface area is 131 Å². The first kappa shape index (κ1) is 15.1. The molecule has 1 N–H and O–H groups in total. The van der Waals surface area contributed by atoms with Crippen LogP contribution in [0.3, 0.4) is 0 Å². The Balaban J connectivity index is 2.14. The lowest BCUT2D eigenvalue weighted by Gasteiger charge is -2.09. The molecule has 106 valence electrons. The average molecular weight is 345 g/mol. The molecule has 0 aromatic heterocycles. The second-order valence-corrected chi connectivity index (χ2v) is 5.30. The lowest BCUT2D eigenvalue weighted by atomic mass is 10.1. The van der Waals surface area contributed by atoms with Crippen molar-refractivity contribution in [3.63, 3.8) is 0 Å². The van der Waals surface area contributed by atoms with Crippen LogP contribution in [-0.2, 0) is 0 Å². The number of amides is 1. The molecule has 0 unspecified atom stereocenters. The van der Waals surface area contributed by atoms with Crippen LogP contribution in [0.25, 0.3) is 0 Å². The first-order valence-corrected chi connectivity index (χ1v) is 7.07. The molecule has 0 atom stereocenters. The van der Waals surface area contributed by atoms with Crippen LogP contribution in [0.15, 0.2) is 46.9 Å². The van der Waals surface area contributed by atoms with Gasteiger partial charge in [0.15, 0.2) is 6.61 Å². The van der Waals surface area contributed by atoms with Gasteiger partial charge in [-0.05, 0) is 42.8 Å². The standard InChI is InChI=1S/C16H13BrN2O2/c1-11-9-12(17)5-6-15(11)16(20)19-13-3-2-4-14(10-13)21-8-7-18/h2-6,9-10H,8H2,1H3,(H,19,20). The van der Waals surface area contributed by atoms with E-state index in [1.165, 1.54) is 0 Å². The Morgan fingerprint density at radius 1 is 1.33 bits per heavy atom. The summed E-state index contributed by atoms with van der Waals surface area (Å²) in [6, 6.07) is 14.3. The largest absolute Gasteiger partial charge is 0.479 e. The van der Waals surface area contributed by atoms with Gasteiger partial charge in [0.05, 0.1) is 0 Å². The van der Waals surface area contributed by atoms with E-state index in [1.807, 2.05) is 25.1 Å². The normalized spacial score (nSPS) is 9.76. The molecule has 0 radical (unpaired) electrons. The number of aryl methyl sites for hydroxylation is 1. The van der Waals surface area contributed by atoms with Crippen molar-refractivity contribution in [2.45, 2.75) is 6.92 Å². The molecule has 2 rings (SSSR count). The number of nitrogens with one attached hydrogen (secondary N) is 1. The lowest BCUT2D eigenvalue weighted by molar-refractivity contribution is 0.102. The summed E-state index contributed by atoms with van der Waals surface area (Å²) in [6.45, 7) is 1.86. The number of carbonyl (C=O) groups is 1. The number of nitriles is 1. The molecule has 0 heterocycles. The maximum atomic E-state index is 12.3. The third-order valence-electron chi connectivity index (χ3n) is 2.83. The molecule has 0 saturated heterocycles. The van der Waals surface area contributed by atoms with Gasteiger partial charge in [0.25, 0.3) is 5.91 Å². The minimum atomic E-state index is -0.183. The van der Waals surface area contributed by atoms with Crippen molar-refractivity contribution in [1.82, 2.24) is 0 Å². The number of rotatable bonds is 4. The number of halogens is 1. The summed E-state index contributed by atoms with van der Waals surface area (Å²) < 4.78 is 6.14. The van der Waals surface area contributed by atoms with Crippen LogP contribution in [0.1, 0.15) is 15.9 Å². The van der Waals surface area contributed by atoms with E-state index in [2.05, 4.69) is 21.2 Å². The van der Waals surface area contributed by atoms with Gasteiger partial charge in [-0.3, -0.25) is 4.79 Å². The second-order valence-electron chi connectivity index (χ2n) is 4.39. The van der Waals surface area contributed by atoms with Gasteiger partial charge < -0.3 is 10.1 Å². The number of carbonyl (C=O) groups excluding carboxylic acids is 1. The van der Waals surface area contributed by atoms with Crippen LogP contribution in [0.4, 0.5) is 5.69 Å². The lowest BCUT2D eigenvalue weighted by Crippen LogP contribution is -2.13. The number of hydrogen-bond donors (Lipinski definition) is 1. The predicted octanol–water partition coefficient (Wildman–Crippen LogP) is 3.91. The van der Waals surface area contributed by atoms with Gasteiger partial charge in [-0.1, -0.05) is 22.0 Å². The molecule has 5 heteroatoms. The molecule has 0 aliphatic carbocycles. The van der Waals surface area contributed by atoms with E-state index in [9.17, 15) is 4.79 Å². The zero-order valence-corrected chi connectivity index (χ0v) is 13.0. The summed E-state index contributed by atoms with van der Waals surface area (Å²) in [5.74, 6) is 0.360. The highest BCUT2D eigenvalue weighted by atomic mass is 79.9. The third kappa shape index (κ3) is 4.07. The molecule has 0 aliphatic rings. The van der Waals surface area contributed by atoms with Crippen LogP contribution in [0, 0.1) is 18.3 Å². The Kier molecular flexibility index (Phi) is 4.96. The van der Waals surface area contributed by atoms with Gasteiger partial charge in [-0.25, -0.2) is 0 Å². The van der Waals surface area contributed by atoms with E-state index in [1.54, 1.807) is 30.3 Å². The molecule has 0 fully saturated rings. The number of benzene rings is 2. The van der Waals surface area contributed by atoms with Crippen LogP contribution in [-0.4, -0.2) is 12.5 Å². The van der Waals surface area contributed by atoms with Crippen molar-refractivity contribution in [3.8, 4) is 11.8 Å². The first-order chi connectivity index (χ1) is 10.1. The SMILES string of the molecule is Cc1cc(Br)ccc1C(=O)Nc1cccc(OCC#N)c1. The highest BCUT2D eigenvalue weighted by molar-refractivity contribution is 9.10. The fraction of sp³-hybridized carbons (Fsp3) is 0.125. The summed E-state index contributed by atoms with van der Waals surface area (Å²) in [7, 11) is 0. The topological polar surface area (TPSA) is 62.1 Å². The van der Waals surface area contributed by atoms with Crippen molar-refractivity contribution in [2.24, 2.45) is 0 Å².